The van der Waals surface area contributed by atoms with Gasteiger partial charge in [-0.15, -0.1) is 0 Å². The molecule has 0 aliphatic carbocycles. The lowest BCUT2D eigenvalue weighted by atomic mass is 9.90. The first-order valence-electron chi connectivity index (χ1n) is 6.77. The summed E-state index contributed by atoms with van der Waals surface area (Å²) in [6.07, 6.45) is 2.30. The van der Waals surface area contributed by atoms with Crippen molar-refractivity contribution in [2.45, 2.75) is 19.9 Å². The van der Waals surface area contributed by atoms with E-state index in [1.54, 1.807) is 13.1 Å². The molecule has 1 unspecified atom stereocenters. The number of carboxylic acid groups (broad SMARTS) is 1. The monoisotopic (exact) mass is 288 g/mol. The van der Waals surface area contributed by atoms with Gasteiger partial charge in [0.05, 0.1) is 12.0 Å². The average molecular weight is 288 g/mol. The Labute approximate surface area is 121 Å². The number of hydrogen-bond acceptors (Lipinski definition) is 6. The molecule has 0 spiro atoms. The molecule has 0 radical (unpaired) electrons. The van der Waals surface area contributed by atoms with Crippen LogP contribution in [-0.2, 0) is 11.3 Å². The second kappa shape index (κ2) is 5.25. The van der Waals surface area contributed by atoms with Gasteiger partial charge in [0, 0.05) is 12.7 Å². The first-order valence-corrected chi connectivity index (χ1v) is 6.77. The standard InChI is InChI=1S/C14H16N4O3/c1-14(13(19)20)5-7-18(9-14)8-11-16-12(17-21-11)10-4-2-3-6-15-10/h2-4,6H,5,7-9H2,1H3,(H,19,20). The lowest BCUT2D eigenvalue weighted by Crippen LogP contribution is -2.31. The molecule has 1 fully saturated rings. The van der Waals surface area contributed by atoms with Crippen LogP contribution in [0.2, 0.25) is 0 Å². The Morgan fingerprint density at radius 2 is 2.38 bits per heavy atom. The molecule has 3 heterocycles. The van der Waals surface area contributed by atoms with Crippen molar-refractivity contribution in [2.24, 2.45) is 5.41 Å². The molecular weight excluding hydrogens is 272 g/mol. The van der Waals surface area contributed by atoms with E-state index < -0.39 is 11.4 Å². The largest absolute Gasteiger partial charge is 0.481 e. The molecule has 1 aliphatic rings. The SMILES string of the molecule is CC1(C(=O)O)CCN(Cc2nc(-c3ccccn3)no2)C1. The van der Waals surface area contributed by atoms with Gasteiger partial charge in [-0.05, 0) is 32.0 Å². The van der Waals surface area contributed by atoms with E-state index in [0.717, 1.165) is 0 Å². The molecular formula is C14H16N4O3. The van der Waals surface area contributed by atoms with Gasteiger partial charge < -0.3 is 9.63 Å². The molecule has 2 aromatic rings. The lowest BCUT2D eigenvalue weighted by Gasteiger charge is -2.18. The highest BCUT2D eigenvalue weighted by Gasteiger charge is 2.40. The maximum Gasteiger partial charge on any atom is 0.310 e. The van der Waals surface area contributed by atoms with Crippen LogP contribution in [0.25, 0.3) is 11.5 Å². The average Bonchev–Trinajstić information content (AvgIpc) is 3.08. The first-order chi connectivity index (χ1) is 10.1. The topological polar surface area (TPSA) is 92.3 Å². The number of rotatable bonds is 4. The van der Waals surface area contributed by atoms with Crippen LogP contribution >= 0.6 is 0 Å². The van der Waals surface area contributed by atoms with Crippen LogP contribution < -0.4 is 0 Å². The minimum atomic E-state index is -0.760. The Balaban J connectivity index is 1.68. The van der Waals surface area contributed by atoms with E-state index in [1.165, 1.54) is 0 Å². The Bertz CT molecular complexity index is 643. The van der Waals surface area contributed by atoms with E-state index in [0.29, 0.717) is 43.5 Å². The minimum Gasteiger partial charge on any atom is -0.481 e. The maximum absolute atomic E-state index is 11.2. The Morgan fingerprint density at radius 3 is 3.05 bits per heavy atom. The van der Waals surface area contributed by atoms with E-state index in [-0.39, 0.29) is 0 Å². The molecule has 0 saturated carbocycles. The number of carboxylic acids is 1. The third-order valence-electron chi connectivity index (χ3n) is 3.79. The van der Waals surface area contributed by atoms with Gasteiger partial charge in [0.25, 0.3) is 0 Å². The van der Waals surface area contributed by atoms with Crippen molar-refractivity contribution in [3.8, 4) is 11.5 Å². The van der Waals surface area contributed by atoms with E-state index in [9.17, 15) is 9.90 Å². The summed E-state index contributed by atoms with van der Waals surface area (Å²) in [5, 5.41) is 13.1. The molecule has 21 heavy (non-hydrogen) atoms. The molecule has 7 nitrogen and oxygen atoms in total. The molecule has 1 saturated heterocycles. The molecule has 1 aliphatic heterocycles. The van der Waals surface area contributed by atoms with Gasteiger partial charge >= 0.3 is 5.97 Å². The van der Waals surface area contributed by atoms with Gasteiger partial charge in [-0.25, -0.2) is 0 Å². The van der Waals surface area contributed by atoms with Gasteiger partial charge in [0.1, 0.15) is 5.69 Å². The molecule has 7 heteroatoms. The molecule has 0 amide bonds. The fourth-order valence-corrected chi connectivity index (χ4v) is 2.48. The van der Waals surface area contributed by atoms with Crippen molar-refractivity contribution in [3.63, 3.8) is 0 Å². The molecule has 2 aromatic heterocycles. The molecule has 1 N–H and O–H groups in total. The summed E-state index contributed by atoms with van der Waals surface area (Å²) in [7, 11) is 0. The normalized spacial score (nSPS) is 22.5. The van der Waals surface area contributed by atoms with Crippen LogP contribution in [0.3, 0.4) is 0 Å². The zero-order valence-electron chi connectivity index (χ0n) is 11.7. The van der Waals surface area contributed by atoms with Crippen LogP contribution in [0, 0.1) is 5.41 Å². The Hall–Kier alpha value is -2.28. The highest BCUT2D eigenvalue weighted by molar-refractivity contribution is 5.74. The van der Waals surface area contributed by atoms with Crippen LogP contribution in [0.1, 0.15) is 19.2 Å². The Kier molecular flexibility index (Phi) is 3.42. The van der Waals surface area contributed by atoms with Crippen molar-refractivity contribution in [1.82, 2.24) is 20.0 Å². The second-order valence-corrected chi connectivity index (χ2v) is 5.55. The van der Waals surface area contributed by atoms with Crippen molar-refractivity contribution in [3.05, 3.63) is 30.3 Å². The second-order valence-electron chi connectivity index (χ2n) is 5.55. The van der Waals surface area contributed by atoms with Gasteiger partial charge in [-0.1, -0.05) is 11.2 Å². The third-order valence-corrected chi connectivity index (χ3v) is 3.79. The van der Waals surface area contributed by atoms with Gasteiger partial charge in [0.2, 0.25) is 11.7 Å². The Morgan fingerprint density at radius 1 is 1.52 bits per heavy atom. The summed E-state index contributed by atoms with van der Waals surface area (Å²) in [4.78, 5) is 21.7. The van der Waals surface area contributed by atoms with Crippen molar-refractivity contribution >= 4 is 5.97 Å². The number of carbonyl (C=O) groups is 1. The number of hydrogen-bond donors (Lipinski definition) is 1. The minimum absolute atomic E-state index is 0.450. The lowest BCUT2D eigenvalue weighted by molar-refractivity contribution is -0.147. The number of nitrogens with zero attached hydrogens (tertiary/aromatic N) is 4. The molecule has 1 atom stereocenters. The number of aliphatic carboxylic acids is 1. The van der Waals surface area contributed by atoms with E-state index in [2.05, 4.69) is 15.1 Å². The maximum atomic E-state index is 11.2. The fourth-order valence-electron chi connectivity index (χ4n) is 2.48. The van der Waals surface area contributed by atoms with E-state index >= 15 is 0 Å². The summed E-state index contributed by atoms with van der Waals surface area (Å²) in [6.45, 7) is 3.43. The van der Waals surface area contributed by atoms with Crippen LogP contribution in [0.5, 0.6) is 0 Å². The quantitative estimate of drug-likeness (QED) is 0.909. The molecule has 0 bridgehead atoms. The predicted octanol–water partition coefficient (Wildman–Crippen LogP) is 1.43. The number of aromatic nitrogens is 3. The summed E-state index contributed by atoms with van der Waals surface area (Å²) < 4.78 is 5.22. The fraction of sp³-hybridized carbons (Fsp3) is 0.429. The summed E-state index contributed by atoms with van der Waals surface area (Å²) in [5.74, 6) is 0.167. The van der Waals surface area contributed by atoms with Gasteiger partial charge in [0.15, 0.2) is 0 Å². The van der Waals surface area contributed by atoms with Crippen molar-refractivity contribution in [2.75, 3.05) is 13.1 Å². The molecule has 0 aromatic carbocycles. The van der Waals surface area contributed by atoms with Crippen LogP contribution in [-0.4, -0.2) is 44.2 Å². The van der Waals surface area contributed by atoms with Gasteiger partial charge in [-0.2, -0.15) is 4.98 Å². The number of pyridine rings is 1. The van der Waals surface area contributed by atoms with E-state index in [4.69, 9.17) is 4.52 Å². The number of likely N-dealkylation sites (tertiary alicyclic amines) is 1. The zero-order valence-corrected chi connectivity index (χ0v) is 11.7. The van der Waals surface area contributed by atoms with E-state index in [1.807, 2.05) is 23.1 Å². The zero-order chi connectivity index (χ0) is 14.9. The smallest absolute Gasteiger partial charge is 0.310 e. The third kappa shape index (κ3) is 2.78. The van der Waals surface area contributed by atoms with Gasteiger partial charge in [-0.3, -0.25) is 14.7 Å². The highest BCUT2D eigenvalue weighted by Crippen LogP contribution is 2.30. The van der Waals surface area contributed by atoms with Crippen molar-refractivity contribution < 1.29 is 14.4 Å². The molecule has 3 rings (SSSR count). The van der Waals surface area contributed by atoms with Crippen LogP contribution in [0.15, 0.2) is 28.9 Å². The predicted molar refractivity (Wildman–Crippen MR) is 73.2 cm³/mol. The summed E-state index contributed by atoms with van der Waals surface area (Å²) in [5.41, 5.74) is -0.0339. The van der Waals surface area contributed by atoms with Crippen molar-refractivity contribution in [1.29, 1.82) is 0 Å². The summed E-state index contributed by atoms with van der Waals surface area (Å²) in [6, 6.07) is 5.49. The molecule has 110 valence electrons. The highest BCUT2D eigenvalue weighted by atomic mass is 16.5. The first kappa shape index (κ1) is 13.7. The van der Waals surface area contributed by atoms with Crippen LogP contribution in [0.4, 0.5) is 0 Å². The summed E-state index contributed by atoms with van der Waals surface area (Å²) >= 11 is 0.